The van der Waals surface area contributed by atoms with Crippen LogP contribution in [-0.2, 0) is 16.1 Å². The molecule has 0 aliphatic carbocycles. The summed E-state index contributed by atoms with van der Waals surface area (Å²) in [6.45, 7) is 2.42. The SMILES string of the molecule is Cc1ccc2c(c1)NC(=O)C(CC(=O)NCc1ccco1)CO2. The van der Waals surface area contributed by atoms with Gasteiger partial charge >= 0.3 is 0 Å². The Hall–Kier alpha value is -2.76. The van der Waals surface area contributed by atoms with Crippen LogP contribution in [-0.4, -0.2) is 18.4 Å². The number of carbonyl (C=O) groups excluding carboxylic acids is 2. The van der Waals surface area contributed by atoms with E-state index in [1.165, 1.54) is 0 Å². The Morgan fingerprint density at radius 2 is 2.26 bits per heavy atom. The zero-order chi connectivity index (χ0) is 16.2. The second-order valence-corrected chi connectivity index (χ2v) is 5.56. The topological polar surface area (TPSA) is 80.6 Å². The number of aryl methyl sites for hydroxylation is 1. The number of fused-ring (bicyclic) bond motifs is 1. The van der Waals surface area contributed by atoms with Crippen molar-refractivity contribution in [3.63, 3.8) is 0 Å². The van der Waals surface area contributed by atoms with E-state index in [9.17, 15) is 9.59 Å². The molecule has 1 atom stereocenters. The Balaban J connectivity index is 1.58. The molecule has 23 heavy (non-hydrogen) atoms. The Kier molecular flexibility index (Phi) is 4.32. The third-order valence-corrected chi connectivity index (χ3v) is 3.68. The molecule has 2 N–H and O–H groups in total. The minimum atomic E-state index is -0.528. The number of hydrogen-bond acceptors (Lipinski definition) is 4. The lowest BCUT2D eigenvalue weighted by Crippen LogP contribution is -2.32. The molecule has 0 spiro atoms. The number of ether oxygens (including phenoxy) is 1. The van der Waals surface area contributed by atoms with Crippen molar-refractivity contribution in [2.45, 2.75) is 19.9 Å². The molecule has 0 bridgehead atoms. The normalized spacial score (nSPS) is 16.7. The van der Waals surface area contributed by atoms with Gasteiger partial charge in [0.05, 0.1) is 24.4 Å². The number of furan rings is 1. The fraction of sp³-hybridized carbons (Fsp3) is 0.294. The maximum atomic E-state index is 12.3. The van der Waals surface area contributed by atoms with E-state index in [2.05, 4.69) is 10.6 Å². The van der Waals surface area contributed by atoms with Crippen LogP contribution in [0.4, 0.5) is 5.69 Å². The van der Waals surface area contributed by atoms with E-state index in [0.29, 0.717) is 23.7 Å². The molecule has 1 aromatic heterocycles. The van der Waals surface area contributed by atoms with Crippen molar-refractivity contribution < 1.29 is 18.7 Å². The van der Waals surface area contributed by atoms with Crippen molar-refractivity contribution >= 4 is 17.5 Å². The maximum Gasteiger partial charge on any atom is 0.231 e. The smallest absolute Gasteiger partial charge is 0.231 e. The van der Waals surface area contributed by atoms with Crippen LogP contribution in [0.2, 0.25) is 0 Å². The number of nitrogens with one attached hydrogen (secondary N) is 2. The first-order valence-electron chi connectivity index (χ1n) is 7.45. The van der Waals surface area contributed by atoms with E-state index in [1.54, 1.807) is 18.4 Å². The van der Waals surface area contributed by atoms with Gasteiger partial charge in [-0.05, 0) is 36.8 Å². The van der Waals surface area contributed by atoms with Gasteiger partial charge in [-0.3, -0.25) is 9.59 Å². The molecule has 6 heteroatoms. The number of carbonyl (C=O) groups is 2. The summed E-state index contributed by atoms with van der Waals surface area (Å²) in [4.78, 5) is 24.3. The first-order valence-corrected chi connectivity index (χ1v) is 7.45. The summed E-state index contributed by atoms with van der Waals surface area (Å²) < 4.78 is 10.8. The zero-order valence-corrected chi connectivity index (χ0v) is 12.8. The maximum absolute atomic E-state index is 12.3. The summed E-state index contributed by atoms with van der Waals surface area (Å²) in [5.74, 6) is 0.347. The highest BCUT2D eigenvalue weighted by Crippen LogP contribution is 2.29. The standard InChI is InChI=1S/C17H18N2O4/c1-11-4-5-15-14(7-11)19-17(21)12(10-23-15)8-16(20)18-9-13-3-2-6-22-13/h2-7,12H,8-10H2,1H3,(H,18,20)(H,19,21). The lowest BCUT2D eigenvalue weighted by Gasteiger charge is -2.12. The summed E-state index contributed by atoms with van der Waals surface area (Å²) >= 11 is 0. The van der Waals surface area contributed by atoms with Crippen LogP contribution in [0.25, 0.3) is 0 Å². The van der Waals surface area contributed by atoms with Gasteiger partial charge in [-0.15, -0.1) is 0 Å². The van der Waals surface area contributed by atoms with Gasteiger partial charge in [-0.25, -0.2) is 0 Å². The minimum absolute atomic E-state index is 0.0690. The molecule has 0 fully saturated rings. The minimum Gasteiger partial charge on any atom is -0.491 e. The highest BCUT2D eigenvalue weighted by Gasteiger charge is 2.27. The van der Waals surface area contributed by atoms with E-state index < -0.39 is 5.92 Å². The van der Waals surface area contributed by atoms with Crippen LogP contribution >= 0.6 is 0 Å². The van der Waals surface area contributed by atoms with Gasteiger partial charge < -0.3 is 19.8 Å². The lowest BCUT2D eigenvalue weighted by molar-refractivity contribution is -0.128. The highest BCUT2D eigenvalue weighted by molar-refractivity contribution is 5.97. The molecule has 1 aliphatic rings. The van der Waals surface area contributed by atoms with Gasteiger partial charge in [0.15, 0.2) is 0 Å². The van der Waals surface area contributed by atoms with Crippen molar-refractivity contribution in [1.82, 2.24) is 5.32 Å². The van der Waals surface area contributed by atoms with E-state index in [4.69, 9.17) is 9.15 Å². The van der Waals surface area contributed by atoms with Crippen molar-refractivity contribution in [2.24, 2.45) is 5.92 Å². The van der Waals surface area contributed by atoms with Gasteiger partial charge in [0.1, 0.15) is 18.1 Å². The second-order valence-electron chi connectivity index (χ2n) is 5.56. The average Bonchev–Trinajstić information content (AvgIpc) is 2.99. The zero-order valence-electron chi connectivity index (χ0n) is 12.8. The fourth-order valence-corrected chi connectivity index (χ4v) is 2.41. The van der Waals surface area contributed by atoms with Crippen LogP contribution in [0.15, 0.2) is 41.0 Å². The average molecular weight is 314 g/mol. The quantitative estimate of drug-likeness (QED) is 0.907. The molecule has 6 nitrogen and oxygen atoms in total. The van der Waals surface area contributed by atoms with Gasteiger partial charge in [0.25, 0.3) is 0 Å². The van der Waals surface area contributed by atoms with E-state index in [-0.39, 0.29) is 24.8 Å². The summed E-state index contributed by atoms with van der Waals surface area (Å²) in [5.41, 5.74) is 1.68. The van der Waals surface area contributed by atoms with Gasteiger partial charge in [-0.1, -0.05) is 6.07 Å². The van der Waals surface area contributed by atoms with Crippen molar-refractivity contribution in [3.05, 3.63) is 47.9 Å². The molecule has 2 aromatic rings. The molecule has 3 rings (SSSR count). The number of benzene rings is 1. The highest BCUT2D eigenvalue weighted by atomic mass is 16.5. The first kappa shape index (κ1) is 15.1. The predicted molar refractivity (Wildman–Crippen MR) is 84.0 cm³/mol. The lowest BCUT2D eigenvalue weighted by atomic mass is 10.1. The van der Waals surface area contributed by atoms with Gasteiger partial charge in [-0.2, -0.15) is 0 Å². The second kappa shape index (κ2) is 6.56. The third-order valence-electron chi connectivity index (χ3n) is 3.68. The molecule has 0 radical (unpaired) electrons. The van der Waals surface area contributed by atoms with E-state index in [0.717, 1.165) is 5.56 Å². The fourth-order valence-electron chi connectivity index (χ4n) is 2.41. The number of amides is 2. The monoisotopic (exact) mass is 314 g/mol. The molecule has 1 aliphatic heterocycles. The molecular formula is C17H18N2O4. The van der Waals surface area contributed by atoms with Crippen molar-refractivity contribution in [3.8, 4) is 5.75 Å². The van der Waals surface area contributed by atoms with Crippen LogP contribution in [0, 0.1) is 12.8 Å². The molecule has 0 saturated carbocycles. The Labute approximate surface area is 133 Å². The molecular weight excluding hydrogens is 296 g/mol. The third kappa shape index (κ3) is 3.71. The summed E-state index contributed by atoms with van der Waals surface area (Å²) in [6, 6.07) is 9.13. The first-order chi connectivity index (χ1) is 11.1. The number of anilines is 1. The Morgan fingerprint density at radius 3 is 3.04 bits per heavy atom. The van der Waals surface area contributed by atoms with Crippen LogP contribution in [0.1, 0.15) is 17.7 Å². The summed E-state index contributed by atoms with van der Waals surface area (Å²) in [6.07, 6.45) is 1.62. The van der Waals surface area contributed by atoms with E-state index in [1.807, 2.05) is 25.1 Å². The summed E-state index contributed by atoms with van der Waals surface area (Å²) in [7, 11) is 0. The molecule has 120 valence electrons. The molecule has 0 saturated heterocycles. The summed E-state index contributed by atoms with van der Waals surface area (Å²) in [5, 5.41) is 5.56. The molecule has 2 heterocycles. The van der Waals surface area contributed by atoms with Crippen LogP contribution in [0.5, 0.6) is 5.75 Å². The molecule has 2 amide bonds. The van der Waals surface area contributed by atoms with Crippen LogP contribution in [0.3, 0.4) is 0 Å². The molecule has 1 aromatic carbocycles. The number of hydrogen-bond donors (Lipinski definition) is 2. The number of rotatable bonds is 4. The van der Waals surface area contributed by atoms with Crippen LogP contribution < -0.4 is 15.4 Å². The van der Waals surface area contributed by atoms with Gasteiger partial charge in [0.2, 0.25) is 11.8 Å². The predicted octanol–water partition coefficient (Wildman–Crippen LogP) is 2.24. The van der Waals surface area contributed by atoms with Crippen molar-refractivity contribution in [1.29, 1.82) is 0 Å². The van der Waals surface area contributed by atoms with Gasteiger partial charge in [0, 0.05) is 6.42 Å². The molecule has 1 unspecified atom stereocenters. The van der Waals surface area contributed by atoms with Crippen molar-refractivity contribution in [2.75, 3.05) is 11.9 Å². The Morgan fingerprint density at radius 1 is 1.39 bits per heavy atom. The Bertz CT molecular complexity index is 709. The van der Waals surface area contributed by atoms with E-state index >= 15 is 0 Å². The largest absolute Gasteiger partial charge is 0.491 e.